The molecule has 100 valence electrons. The largest absolute Gasteiger partial charge is 0.495 e. The molecule has 2 aromatic rings. The van der Waals surface area contributed by atoms with E-state index in [1.165, 1.54) is 11.1 Å². The van der Waals surface area contributed by atoms with Gasteiger partial charge in [-0.15, -0.1) is 0 Å². The average molecular weight is 256 g/mol. The highest BCUT2D eigenvalue weighted by molar-refractivity contribution is 5.40. The molecule has 0 saturated heterocycles. The topological polar surface area (TPSA) is 34.2 Å². The quantitative estimate of drug-likeness (QED) is 0.893. The molecule has 3 heteroatoms. The van der Waals surface area contributed by atoms with E-state index >= 15 is 0 Å². The highest BCUT2D eigenvalue weighted by atomic mass is 16.5. The maximum Gasteiger partial charge on any atom is 0.142 e. The predicted molar refractivity (Wildman–Crippen MR) is 77.5 cm³/mol. The van der Waals surface area contributed by atoms with Crippen LogP contribution in [0.4, 0.5) is 0 Å². The van der Waals surface area contributed by atoms with Crippen molar-refractivity contribution in [1.82, 2.24) is 10.3 Å². The molecule has 1 N–H and O–H groups in total. The van der Waals surface area contributed by atoms with Gasteiger partial charge in [-0.2, -0.15) is 0 Å². The van der Waals surface area contributed by atoms with Gasteiger partial charge < -0.3 is 10.1 Å². The standard InChI is InChI=1S/C16H20N2O/c1-4-12-5-7-13(8-6-12)16(17-2)14-9-10-18-11-15(14)19-3/h5-11,16-17H,4H2,1-3H3. The van der Waals surface area contributed by atoms with E-state index in [-0.39, 0.29) is 6.04 Å². The van der Waals surface area contributed by atoms with E-state index in [4.69, 9.17) is 4.74 Å². The maximum absolute atomic E-state index is 5.39. The van der Waals surface area contributed by atoms with Gasteiger partial charge in [-0.1, -0.05) is 31.2 Å². The first kappa shape index (κ1) is 13.6. The number of hydrogen-bond donors (Lipinski definition) is 1. The van der Waals surface area contributed by atoms with Crippen LogP contribution < -0.4 is 10.1 Å². The second-order valence-corrected chi connectivity index (χ2v) is 4.43. The van der Waals surface area contributed by atoms with E-state index in [2.05, 4.69) is 41.5 Å². The molecule has 0 spiro atoms. The van der Waals surface area contributed by atoms with Crippen LogP contribution in [0.25, 0.3) is 0 Å². The van der Waals surface area contributed by atoms with E-state index in [0.717, 1.165) is 17.7 Å². The van der Waals surface area contributed by atoms with E-state index < -0.39 is 0 Å². The summed E-state index contributed by atoms with van der Waals surface area (Å²) < 4.78 is 5.39. The number of aromatic nitrogens is 1. The lowest BCUT2D eigenvalue weighted by Crippen LogP contribution is -2.18. The summed E-state index contributed by atoms with van der Waals surface area (Å²) in [4.78, 5) is 4.10. The summed E-state index contributed by atoms with van der Waals surface area (Å²) >= 11 is 0. The summed E-state index contributed by atoms with van der Waals surface area (Å²) in [5, 5.41) is 3.34. The Bertz CT molecular complexity index is 523. The van der Waals surface area contributed by atoms with Crippen molar-refractivity contribution >= 4 is 0 Å². The Morgan fingerprint density at radius 1 is 1.21 bits per heavy atom. The number of nitrogens with zero attached hydrogens (tertiary/aromatic N) is 1. The van der Waals surface area contributed by atoms with E-state index in [1.807, 2.05) is 13.1 Å². The Kier molecular flexibility index (Phi) is 4.53. The number of nitrogens with one attached hydrogen (secondary N) is 1. The third-order valence-electron chi connectivity index (χ3n) is 3.36. The molecule has 0 aliphatic heterocycles. The van der Waals surface area contributed by atoms with Crippen LogP contribution in [0, 0.1) is 0 Å². The number of pyridine rings is 1. The first-order valence-corrected chi connectivity index (χ1v) is 6.54. The van der Waals surface area contributed by atoms with Crippen LogP contribution in [0.2, 0.25) is 0 Å². The zero-order valence-electron chi connectivity index (χ0n) is 11.7. The minimum absolute atomic E-state index is 0.115. The van der Waals surface area contributed by atoms with Crippen molar-refractivity contribution in [2.75, 3.05) is 14.2 Å². The van der Waals surface area contributed by atoms with Crippen molar-refractivity contribution in [3.05, 3.63) is 59.4 Å². The molecule has 1 heterocycles. The van der Waals surface area contributed by atoms with Crippen molar-refractivity contribution in [2.45, 2.75) is 19.4 Å². The van der Waals surface area contributed by atoms with Crippen molar-refractivity contribution in [1.29, 1.82) is 0 Å². The van der Waals surface area contributed by atoms with Gasteiger partial charge in [-0.25, -0.2) is 0 Å². The summed E-state index contributed by atoms with van der Waals surface area (Å²) in [6, 6.07) is 10.8. The molecular weight excluding hydrogens is 236 g/mol. The molecule has 19 heavy (non-hydrogen) atoms. The molecule has 2 rings (SSSR count). The number of rotatable bonds is 5. The van der Waals surface area contributed by atoms with Gasteiger partial charge in [-0.3, -0.25) is 4.98 Å². The molecule has 0 amide bonds. The second-order valence-electron chi connectivity index (χ2n) is 4.43. The fraction of sp³-hybridized carbons (Fsp3) is 0.312. The Morgan fingerprint density at radius 3 is 2.53 bits per heavy atom. The molecule has 0 fully saturated rings. The second kappa shape index (κ2) is 6.34. The van der Waals surface area contributed by atoms with Crippen LogP contribution in [-0.4, -0.2) is 19.1 Å². The minimum atomic E-state index is 0.115. The normalized spacial score (nSPS) is 12.2. The zero-order valence-corrected chi connectivity index (χ0v) is 11.7. The minimum Gasteiger partial charge on any atom is -0.495 e. The number of benzene rings is 1. The first-order valence-electron chi connectivity index (χ1n) is 6.54. The first-order chi connectivity index (χ1) is 9.30. The molecule has 0 saturated carbocycles. The van der Waals surface area contributed by atoms with Crippen LogP contribution >= 0.6 is 0 Å². The van der Waals surface area contributed by atoms with Gasteiger partial charge in [0.1, 0.15) is 5.75 Å². The summed E-state index contributed by atoms with van der Waals surface area (Å²) in [6.07, 6.45) is 4.60. The van der Waals surface area contributed by atoms with Crippen molar-refractivity contribution in [3.8, 4) is 5.75 Å². The average Bonchev–Trinajstić information content (AvgIpc) is 2.49. The molecule has 3 nitrogen and oxygen atoms in total. The summed E-state index contributed by atoms with van der Waals surface area (Å²) in [7, 11) is 3.63. The van der Waals surface area contributed by atoms with Crippen LogP contribution in [0.3, 0.4) is 0 Å². The highest BCUT2D eigenvalue weighted by Gasteiger charge is 2.16. The molecule has 1 unspecified atom stereocenters. The number of methoxy groups -OCH3 is 1. The van der Waals surface area contributed by atoms with E-state index in [0.29, 0.717) is 0 Å². The Morgan fingerprint density at radius 2 is 1.95 bits per heavy atom. The molecule has 1 atom stereocenters. The fourth-order valence-corrected chi connectivity index (χ4v) is 2.25. The van der Waals surface area contributed by atoms with Gasteiger partial charge in [0.05, 0.1) is 19.3 Å². The molecule has 1 aromatic heterocycles. The van der Waals surface area contributed by atoms with Gasteiger partial charge in [0.25, 0.3) is 0 Å². The number of ether oxygens (including phenoxy) is 1. The van der Waals surface area contributed by atoms with Gasteiger partial charge in [0, 0.05) is 11.8 Å². The monoisotopic (exact) mass is 256 g/mol. The molecular formula is C16H20N2O. The Balaban J connectivity index is 2.37. The van der Waals surface area contributed by atoms with Gasteiger partial charge in [0.15, 0.2) is 0 Å². The van der Waals surface area contributed by atoms with Crippen molar-refractivity contribution in [2.24, 2.45) is 0 Å². The highest BCUT2D eigenvalue weighted by Crippen LogP contribution is 2.28. The molecule has 0 radical (unpaired) electrons. The summed E-state index contributed by atoms with van der Waals surface area (Å²) in [5.74, 6) is 0.807. The lowest BCUT2D eigenvalue weighted by Gasteiger charge is -2.19. The smallest absolute Gasteiger partial charge is 0.142 e. The fourth-order valence-electron chi connectivity index (χ4n) is 2.25. The Hall–Kier alpha value is -1.87. The van der Waals surface area contributed by atoms with Crippen LogP contribution in [0.1, 0.15) is 29.7 Å². The summed E-state index contributed by atoms with van der Waals surface area (Å²) in [5.41, 5.74) is 3.67. The van der Waals surface area contributed by atoms with E-state index in [9.17, 15) is 0 Å². The molecule has 0 bridgehead atoms. The lowest BCUT2D eigenvalue weighted by atomic mass is 9.97. The van der Waals surface area contributed by atoms with Crippen molar-refractivity contribution in [3.63, 3.8) is 0 Å². The maximum atomic E-state index is 5.39. The van der Waals surface area contributed by atoms with Gasteiger partial charge >= 0.3 is 0 Å². The molecule has 1 aromatic carbocycles. The van der Waals surface area contributed by atoms with Gasteiger partial charge in [0.2, 0.25) is 0 Å². The summed E-state index contributed by atoms with van der Waals surface area (Å²) in [6.45, 7) is 2.16. The van der Waals surface area contributed by atoms with Crippen LogP contribution in [0.15, 0.2) is 42.7 Å². The van der Waals surface area contributed by atoms with E-state index in [1.54, 1.807) is 19.5 Å². The van der Waals surface area contributed by atoms with Crippen LogP contribution in [-0.2, 0) is 6.42 Å². The zero-order chi connectivity index (χ0) is 13.7. The third-order valence-corrected chi connectivity index (χ3v) is 3.36. The third kappa shape index (κ3) is 2.93. The number of aryl methyl sites for hydroxylation is 1. The van der Waals surface area contributed by atoms with Gasteiger partial charge in [-0.05, 0) is 30.7 Å². The molecule has 0 aliphatic rings. The lowest BCUT2D eigenvalue weighted by molar-refractivity contribution is 0.403. The number of hydrogen-bond acceptors (Lipinski definition) is 3. The predicted octanol–water partition coefficient (Wildman–Crippen LogP) is 2.96. The SMILES string of the molecule is CCc1ccc(C(NC)c2ccncc2OC)cc1. The van der Waals surface area contributed by atoms with Crippen LogP contribution in [0.5, 0.6) is 5.75 Å². The van der Waals surface area contributed by atoms with Crippen molar-refractivity contribution < 1.29 is 4.74 Å². The Labute approximate surface area is 114 Å². The molecule has 0 aliphatic carbocycles.